The number of carbonyl (C=O) groups is 3. The number of fused-ring (bicyclic) bond motifs is 3. The summed E-state index contributed by atoms with van der Waals surface area (Å²) in [6.07, 6.45) is -1.02. The maximum absolute atomic E-state index is 12.5. The molecule has 0 aromatic heterocycles. The summed E-state index contributed by atoms with van der Waals surface area (Å²) in [5.41, 5.74) is 4.62. The van der Waals surface area contributed by atoms with Gasteiger partial charge in [-0.2, -0.15) is 0 Å². The lowest BCUT2D eigenvalue weighted by Crippen LogP contribution is -2.47. The van der Waals surface area contributed by atoms with E-state index in [0.29, 0.717) is 25.9 Å². The van der Waals surface area contributed by atoms with Gasteiger partial charge in [0.1, 0.15) is 12.7 Å². The third kappa shape index (κ3) is 4.87. The first-order chi connectivity index (χ1) is 17.0. The number of hydrogen-bond acceptors (Lipinski definition) is 6. The molecule has 0 saturated carbocycles. The predicted molar refractivity (Wildman–Crippen MR) is 125 cm³/mol. The third-order valence-electron chi connectivity index (χ3n) is 6.88. The molecular weight excluding hydrogens is 452 g/mol. The number of benzene rings is 2. The monoisotopic (exact) mass is 480 g/mol. The molecule has 1 aliphatic carbocycles. The van der Waals surface area contributed by atoms with Gasteiger partial charge in [-0.25, -0.2) is 9.59 Å². The van der Waals surface area contributed by atoms with Gasteiger partial charge in [-0.15, -0.1) is 0 Å². The number of ether oxygens (including phenoxy) is 3. The largest absolute Gasteiger partial charge is 0.479 e. The molecule has 2 aromatic carbocycles. The Balaban J connectivity index is 1.08. The standard InChI is InChI=1S/C26H28N2O7/c29-24(28-21-11-12-33-23(21)25(30)31)22-10-9-15(35-22)13-27-26(32)34-14-20-18-7-3-1-5-16(18)17-6-2-4-8-19(17)20/h1-8,15,20-23H,9-14H2,(H,27,32)(H,28,29)(H,30,31). The molecule has 0 bridgehead atoms. The molecular formula is C26H28N2O7. The van der Waals surface area contributed by atoms with Gasteiger partial charge in [0.2, 0.25) is 5.91 Å². The fourth-order valence-electron chi connectivity index (χ4n) is 5.15. The van der Waals surface area contributed by atoms with Gasteiger partial charge in [-0.3, -0.25) is 4.79 Å². The Morgan fingerprint density at radius 2 is 1.66 bits per heavy atom. The van der Waals surface area contributed by atoms with Crippen LogP contribution in [0.2, 0.25) is 0 Å². The van der Waals surface area contributed by atoms with Gasteiger partial charge in [0.25, 0.3) is 0 Å². The average molecular weight is 481 g/mol. The highest BCUT2D eigenvalue weighted by Gasteiger charge is 2.38. The number of hydrogen-bond donors (Lipinski definition) is 3. The van der Waals surface area contributed by atoms with E-state index in [9.17, 15) is 19.5 Å². The fraction of sp³-hybridized carbons (Fsp3) is 0.423. The second-order valence-corrected chi connectivity index (χ2v) is 9.06. The van der Waals surface area contributed by atoms with Gasteiger partial charge in [0.15, 0.2) is 6.10 Å². The minimum absolute atomic E-state index is 0.0156. The van der Waals surface area contributed by atoms with E-state index in [1.807, 2.05) is 24.3 Å². The molecule has 3 aliphatic rings. The van der Waals surface area contributed by atoms with E-state index >= 15 is 0 Å². The van der Waals surface area contributed by atoms with Crippen LogP contribution < -0.4 is 10.6 Å². The minimum Gasteiger partial charge on any atom is -0.479 e. The summed E-state index contributed by atoms with van der Waals surface area (Å²) in [6, 6.07) is 15.7. The highest BCUT2D eigenvalue weighted by molar-refractivity contribution is 5.83. The SMILES string of the molecule is O=C(NCC1CCC(C(=O)NC2CCOC2C(=O)O)O1)OCC1c2ccccc2-c2ccccc21. The number of nitrogens with one attached hydrogen (secondary N) is 2. The van der Waals surface area contributed by atoms with E-state index < -0.39 is 30.3 Å². The molecule has 2 heterocycles. The molecule has 0 spiro atoms. The van der Waals surface area contributed by atoms with Crippen molar-refractivity contribution in [3.05, 3.63) is 59.7 Å². The van der Waals surface area contributed by atoms with E-state index in [0.717, 1.165) is 11.1 Å². The van der Waals surface area contributed by atoms with Crippen molar-refractivity contribution >= 4 is 18.0 Å². The Labute approximate surface area is 202 Å². The number of carboxylic acid groups (broad SMARTS) is 1. The lowest BCUT2D eigenvalue weighted by atomic mass is 9.98. The Bertz CT molecular complexity index is 1070. The maximum Gasteiger partial charge on any atom is 0.407 e. The summed E-state index contributed by atoms with van der Waals surface area (Å²) < 4.78 is 16.5. The highest BCUT2D eigenvalue weighted by Crippen LogP contribution is 2.44. The lowest BCUT2D eigenvalue weighted by molar-refractivity contribution is -0.148. The lowest BCUT2D eigenvalue weighted by Gasteiger charge is -2.19. The number of rotatable bonds is 7. The summed E-state index contributed by atoms with van der Waals surface area (Å²) in [4.78, 5) is 36.1. The van der Waals surface area contributed by atoms with Crippen molar-refractivity contribution in [1.29, 1.82) is 0 Å². The number of carboxylic acids is 1. The van der Waals surface area contributed by atoms with E-state index in [1.54, 1.807) is 0 Å². The van der Waals surface area contributed by atoms with Crippen molar-refractivity contribution in [3.63, 3.8) is 0 Å². The van der Waals surface area contributed by atoms with Gasteiger partial charge < -0.3 is 30.0 Å². The van der Waals surface area contributed by atoms with Gasteiger partial charge in [-0.05, 0) is 41.5 Å². The van der Waals surface area contributed by atoms with Crippen LogP contribution in [0.25, 0.3) is 11.1 Å². The van der Waals surface area contributed by atoms with Crippen LogP contribution >= 0.6 is 0 Å². The number of aliphatic carboxylic acids is 1. The van der Waals surface area contributed by atoms with Crippen LogP contribution in [-0.4, -0.2) is 67.2 Å². The number of amides is 2. The summed E-state index contributed by atoms with van der Waals surface area (Å²) in [5, 5.41) is 14.6. The first-order valence-corrected chi connectivity index (χ1v) is 11.9. The molecule has 2 aliphatic heterocycles. The molecule has 9 heteroatoms. The van der Waals surface area contributed by atoms with Crippen LogP contribution in [0.15, 0.2) is 48.5 Å². The summed E-state index contributed by atoms with van der Waals surface area (Å²) in [7, 11) is 0. The van der Waals surface area contributed by atoms with Crippen molar-refractivity contribution in [2.24, 2.45) is 0 Å². The van der Waals surface area contributed by atoms with Crippen LogP contribution in [0, 0.1) is 0 Å². The normalized spacial score (nSPS) is 25.0. The topological polar surface area (TPSA) is 123 Å². The van der Waals surface area contributed by atoms with E-state index in [4.69, 9.17) is 14.2 Å². The summed E-state index contributed by atoms with van der Waals surface area (Å²) >= 11 is 0. The maximum atomic E-state index is 12.5. The quantitative estimate of drug-likeness (QED) is 0.556. The minimum atomic E-state index is -1.09. The Kier molecular flexibility index (Phi) is 6.70. The number of carbonyl (C=O) groups excluding carboxylic acids is 2. The first-order valence-electron chi connectivity index (χ1n) is 11.9. The molecule has 4 atom stereocenters. The number of alkyl carbamates (subject to hydrolysis) is 1. The second-order valence-electron chi connectivity index (χ2n) is 9.06. The van der Waals surface area contributed by atoms with Gasteiger partial charge in [0, 0.05) is 19.1 Å². The van der Waals surface area contributed by atoms with Gasteiger partial charge >= 0.3 is 12.1 Å². The first kappa shape index (κ1) is 23.3. The van der Waals surface area contributed by atoms with Crippen molar-refractivity contribution in [1.82, 2.24) is 10.6 Å². The van der Waals surface area contributed by atoms with Crippen LogP contribution in [0.3, 0.4) is 0 Å². The summed E-state index contributed by atoms with van der Waals surface area (Å²) in [5.74, 6) is -1.46. The smallest absolute Gasteiger partial charge is 0.407 e. The third-order valence-corrected chi connectivity index (χ3v) is 6.88. The molecule has 3 N–H and O–H groups in total. The van der Waals surface area contributed by atoms with Gasteiger partial charge in [0.05, 0.1) is 12.1 Å². The molecule has 4 unspecified atom stereocenters. The van der Waals surface area contributed by atoms with Crippen molar-refractivity contribution in [2.45, 2.75) is 49.5 Å². The second kappa shape index (κ2) is 10.1. The highest BCUT2D eigenvalue weighted by atomic mass is 16.6. The molecule has 184 valence electrons. The van der Waals surface area contributed by atoms with Crippen molar-refractivity contribution in [3.8, 4) is 11.1 Å². The Morgan fingerprint density at radius 3 is 2.34 bits per heavy atom. The predicted octanol–water partition coefficient (Wildman–Crippen LogP) is 2.43. The molecule has 5 rings (SSSR count). The van der Waals surface area contributed by atoms with Crippen LogP contribution in [-0.2, 0) is 23.8 Å². The van der Waals surface area contributed by atoms with Crippen LogP contribution in [0.1, 0.15) is 36.3 Å². The van der Waals surface area contributed by atoms with E-state index in [2.05, 4.69) is 34.9 Å². The summed E-state index contributed by atoms with van der Waals surface area (Å²) in [6.45, 7) is 0.746. The molecule has 2 saturated heterocycles. The Hall–Kier alpha value is -3.43. The fourth-order valence-corrected chi connectivity index (χ4v) is 5.15. The molecule has 2 amide bonds. The van der Waals surface area contributed by atoms with Crippen molar-refractivity contribution in [2.75, 3.05) is 19.8 Å². The van der Waals surface area contributed by atoms with E-state index in [-0.39, 0.29) is 31.1 Å². The Morgan fingerprint density at radius 1 is 0.971 bits per heavy atom. The van der Waals surface area contributed by atoms with Crippen LogP contribution in [0.5, 0.6) is 0 Å². The van der Waals surface area contributed by atoms with E-state index in [1.165, 1.54) is 11.1 Å². The zero-order chi connectivity index (χ0) is 24.4. The molecule has 2 fully saturated rings. The zero-order valence-corrected chi connectivity index (χ0v) is 19.1. The molecule has 9 nitrogen and oxygen atoms in total. The van der Waals surface area contributed by atoms with Crippen molar-refractivity contribution < 1.29 is 33.7 Å². The molecule has 35 heavy (non-hydrogen) atoms. The molecule has 0 radical (unpaired) electrons. The van der Waals surface area contributed by atoms with Crippen LogP contribution in [0.4, 0.5) is 4.79 Å². The molecule has 2 aromatic rings. The average Bonchev–Trinajstić information content (AvgIpc) is 3.59. The zero-order valence-electron chi connectivity index (χ0n) is 19.1. The van der Waals surface area contributed by atoms with Gasteiger partial charge in [-0.1, -0.05) is 48.5 Å².